The molecular formula is C12H13ClN2O4. The van der Waals surface area contributed by atoms with Gasteiger partial charge < -0.3 is 5.11 Å². The first-order chi connectivity index (χ1) is 8.99. The van der Waals surface area contributed by atoms with Gasteiger partial charge in [0.2, 0.25) is 0 Å². The summed E-state index contributed by atoms with van der Waals surface area (Å²) in [7, 11) is 0. The number of halogens is 1. The molecule has 2 rings (SSSR count). The summed E-state index contributed by atoms with van der Waals surface area (Å²) in [5.41, 5.74) is 0.422. The first kappa shape index (κ1) is 13.8. The van der Waals surface area contributed by atoms with Gasteiger partial charge in [-0.05, 0) is 31.5 Å². The summed E-state index contributed by atoms with van der Waals surface area (Å²) >= 11 is 5.85. The van der Waals surface area contributed by atoms with Crippen molar-refractivity contribution in [2.45, 2.75) is 25.4 Å². The van der Waals surface area contributed by atoms with Crippen molar-refractivity contribution in [1.29, 1.82) is 0 Å². The minimum atomic E-state index is -0.887. The Bertz CT molecular complexity index is 520. The second-order valence-corrected chi connectivity index (χ2v) is 4.93. The molecule has 0 unspecified atom stereocenters. The highest BCUT2D eigenvalue weighted by Crippen LogP contribution is 2.27. The summed E-state index contributed by atoms with van der Waals surface area (Å²) in [5.74, 6) is -0.887. The summed E-state index contributed by atoms with van der Waals surface area (Å²) in [5, 5.41) is 20.5. The number of nitrogens with zero attached hydrogens (tertiary/aromatic N) is 2. The molecule has 0 aromatic heterocycles. The zero-order valence-corrected chi connectivity index (χ0v) is 10.8. The van der Waals surface area contributed by atoms with E-state index in [4.69, 9.17) is 16.7 Å². The maximum Gasteiger partial charge on any atom is 0.320 e. The third-order valence-electron chi connectivity index (χ3n) is 3.26. The van der Waals surface area contributed by atoms with Crippen molar-refractivity contribution in [3.05, 3.63) is 38.9 Å². The molecule has 1 fully saturated rings. The van der Waals surface area contributed by atoms with Crippen LogP contribution in [-0.2, 0) is 11.3 Å². The first-order valence-electron chi connectivity index (χ1n) is 5.88. The molecule has 0 radical (unpaired) electrons. The Labute approximate surface area is 114 Å². The van der Waals surface area contributed by atoms with Gasteiger partial charge in [0.25, 0.3) is 5.69 Å². The van der Waals surface area contributed by atoms with E-state index in [-0.39, 0.29) is 12.2 Å². The summed E-state index contributed by atoms with van der Waals surface area (Å²) in [6.07, 6.45) is 1.36. The molecule has 0 saturated carbocycles. The average molecular weight is 285 g/mol. The van der Waals surface area contributed by atoms with Crippen LogP contribution in [0.1, 0.15) is 18.4 Å². The van der Waals surface area contributed by atoms with Crippen LogP contribution in [0.3, 0.4) is 0 Å². The van der Waals surface area contributed by atoms with Gasteiger partial charge in [0.15, 0.2) is 0 Å². The fourth-order valence-corrected chi connectivity index (χ4v) is 2.57. The van der Waals surface area contributed by atoms with Gasteiger partial charge in [-0.25, -0.2) is 0 Å². The molecule has 7 heteroatoms. The quantitative estimate of drug-likeness (QED) is 0.677. The predicted octanol–water partition coefficient (Wildman–Crippen LogP) is 2.30. The number of hydrogen-bond donors (Lipinski definition) is 1. The molecule has 1 aromatic rings. The van der Waals surface area contributed by atoms with Crippen molar-refractivity contribution in [2.24, 2.45) is 0 Å². The lowest BCUT2D eigenvalue weighted by Gasteiger charge is -2.20. The van der Waals surface area contributed by atoms with E-state index in [0.717, 1.165) is 6.42 Å². The van der Waals surface area contributed by atoms with Gasteiger partial charge in [-0.3, -0.25) is 19.8 Å². The molecule has 19 heavy (non-hydrogen) atoms. The van der Waals surface area contributed by atoms with Crippen LogP contribution in [0.15, 0.2) is 18.2 Å². The van der Waals surface area contributed by atoms with Gasteiger partial charge in [-0.1, -0.05) is 11.6 Å². The van der Waals surface area contributed by atoms with E-state index < -0.39 is 16.9 Å². The largest absolute Gasteiger partial charge is 0.480 e. The Morgan fingerprint density at radius 1 is 1.58 bits per heavy atom. The number of hydrogen-bond acceptors (Lipinski definition) is 4. The number of carboxylic acid groups (broad SMARTS) is 1. The van der Waals surface area contributed by atoms with Gasteiger partial charge in [0, 0.05) is 23.2 Å². The van der Waals surface area contributed by atoms with Crippen LogP contribution in [0.2, 0.25) is 5.02 Å². The number of benzene rings is 1. The molecule has 0 aliphatic carbocycles. The van der Waals surface area contributed by atoms with Crippen molar-refractivity contribution in [3.63, 3.8) is 0 Å². The van der Waals surface area contributed by atoms with Crippen LogP contribution in [0.5, 0.6) is 0 Å². The number of carboxylic acids is 1. The molecule has 1 atom stereocenters. The fraction of sp³-hybridized carbons (Fsp3) is 0.417. The molecule has 0 amide bonds. The SMILES string of the molecule is O=C(O)[C@H]1CCCN1Cc1cc(Cl)ccc1[N+](=O)[O-]. The van der Waals surface area contributed by atoms with Gasteiger partial charge in [-0.15, -0.1) is 0 Å². The highest BCUT2D eigenvalue weighted by molar-refractivity contribution is 6.30. The van der Waals surface area contributed by atoms with E-state index in [1.165, 1.54) is 18.2 Å². The maximum atomic E-state index is 11.1. The fourth-order valence-electron chi connectivity index (χ4n) is 2.37. The second kappa shape index (κ2) is 5.54. The van der Waals surface area contributed by atoms with Crippen LogP contribution in [0, 0.1) is 10.1 Å². The zero-order chi connectivity index (χ0) is 14.0. The molecule has 1 saturated heterocycles. The van der Waals surface area contributed by atoms with Crippen molar-refractivity contribution in [3.8, 4) is 0 Å². The number of carbonyl (C=O) groups is 1. The standard InChI is InChI=1S/C12H13ClN2O4/c13-9-3-4-10(15(18)19)8(6-9)7-14-5-1-2-11(14)12(16)17/h3-4,6,11H,1-2,5,7H2,(H,16,17)/t11-/m1/s1. The van der Waals surface area contributed by atoms with E-state index in [1.54, 1.807) is 4.90 Å². The molecule has 1 aliphatic rings. The Hall–Kier alpha value is -1.66. The van der Waals surface area contributed by atoms with E-state index >= 15 is 0 Å². The smallest absolute Gasteiger partial charge is 0.320 e. The molecular weight excluding hydrogens is 272 g/mol. The van der Waals surface area contributed by atoms with Crippen LogP contribution >= 0.6 is 11.6 Å². The minimum absolute atomic E-state index is 0.0274. The lowest BCUT2D eigenvalue weighted by atomic mass is 10.1. The summed E-state index contributed by atoms with van der Waals surface area (Å²) in [6, 6.07) is 3.76. The van der Waals surface area contributed by atoms with E-state index in [9.17, 15) is 14.9 Å². The van der Waals surface area contributed by atoms with E-state index in [1.807, 2.05) is 0 Å². The Kier molecular flexibility index (Phi) is 4.01. The van der Waals surface area contributed by atoms with Crippen molar-refractivity contribution in [1.82, 2.24) is 4.90 Å². The monoisotopic (exact) mass is 284 g/mol. The minimum Gasteiger partial charge on any atom is -0.480 e. The van der Waals surface area contributed by atoms with Crippen LogP contribution < -0.4 is 0 Å². The van der Waals surface area contributed by atoms with Crippen LogP contribution in [0.25, 0.3) is 0 Å². The van der Waals surface area contributed by atoms with Gasteiger partial charge in [-0.2, -0.15) is 0 Å². The molecule has 1 aliphatic heterocycles. The van der Waals surface area contributed by atoms with E-state index in [2.05, 4.69) is 0 Å². The summed E-state index contributed by atoms with van der Waals surface area (Å²) in [6.45, 7) is 0.856. The number of likely N-dealkylation sites (tertiary alicyclic amines) is 1. The topological polar surface area (TPSA) is 83.7 Å². The van der Waals surface area contributed by atoms with Crippen LogP contribution in [0.4, 0.5) is 5.69 Å². The Balaban J connectivity index is 2.25. The first-order valence-corrected chi connectivity index (χ1v) is 6.26. The third-order valence-corrected chi connectivity index (χ3v) is 3.50. The lowest BCUT2D eigenvalue weighted by molar-refractivity contribution is -0.385. The average Bonchev–Trinajstić information content (AvgIpc) is 2.76. The van der Waals surface area contributed by atoms with Gasteiger partial charge >= 0.3 is 5.97 Å². The zero-order valence-electron chi connectivity index (χ0n) is 10.1. The highest BCUT2D eigenvalue weighted by atomic mass is 35.5. The lowest BCUT2D eigenvalue weighted by Crippen LogP contribution is -2.35. The molecule has 0 spiro atoms. The number of aliphatic carboxylic acids is 1. The van der Waals surface area contributed by atoms with Crippen molar-refractivity contribution in [2.75, 3.05) is 6.54 Å². The molecule has 1 N–H and O–H groups in total. The van der Waals surface area contributed by atoms with Crippen molar-refractivity contribution < 1.29 is 14.8 Å². The number of rotatable bonds is 4. The van der Waals surface area contributed by atoms with Crippen molar-refractivity contribution >= 4 is 23.3 Å². The molecule has 1 heterocycles. The molecule has 6 nitrogen and oxygen atoms in total. The summed E-state index contributed by atoms with van der Waals surface area (Å²) < 4.78 is 0. The molecule has 1 aromatic carbocycles. The van der Waals surface area contributed by atoms with Crippen LogP contribution in [-0.4, -0.2) is 33.5 Å². The van der Waals surface area contributed by atoms with Gasteiger partial charge in [0.05, 0.1) is 4.92 Å². The second-order valence-electron chi connectivity index (χ2n) is 4.50. The highest BCUT2D eigenvalue weighted by Gasteiger charge is 2.31. The molecule has 102 valence electrons. The van der Waals surface area contributed by atoms with Gasteiger partial charge in [0.1, 0.15) is 6.04 Å². The Morgan fingerprint density at radius 3 is 2.95 bits per heavy atom. The number of nitro groups is 1. The number of nitro benzene ring substituents is 1. The normalized spacial score (nSPS) is 19.5. The third kappa shape index (κ3) is 3.02. The van der Waals surface area contributed by atoms with E-state index in [0.29, 0.717) is 23.6 Å². The maximum absolute atomic E-state index is 11.1. The predicted molar refractivity (Wildman–Crippen MR) is 69.2 cm³/mol. The molecule has 0 bridgehead atoms. The summed E-state index contributed by atoms with van der Waals surface area (Å²) in [4.78, 5) is 23.3. The Morgan fingerprint density at radius 2 is 2.32 bits per heavy atom.